The van der Waals surface area contributed by atoms with E-state index >= 15 is 0 Å². The summed E-state index contributed by atoms with van der Waals surface area (Å²) >= 11 is 0. The summed E-state index contributed by atoms with van der Waals surface area (Å²) in [5.41, 5.74) is -0.181. The quantitative estimate of drug-likeness (QED) is 0.618. The molecule has 0 heterocycles. The van der Waals surface area contributed by atoms with Crippen molar-refractivity contribution in [2.75, 3.05) is 26.7 Å². The van der Waals surface area contributed by atoms with Crippen LogP contribution in [-0.4, -0.2) is 57.2 Å². The highest BCUT2D eigenvalue weighted by atomic mass is 32.2. The van der Waals surface area contributed by atoms with Gasteiger partial charge in [-0.2, -0.15) is 0 Å². The van der Waals surface area contributed by atoms with Crippen molar-refractivity contribution < 1.29 is 23.1 Å². The second kappa shape index (κ2) is 9.74. The summed E-state index contributed by atoms with van der Waals surface area (Å²) in [6.07, 6.45) is 1.59. The van der Waals surface area contributed by atoms with Crippen LogP contribution in [0.15, 0.2) is 23.1 Å². The molecular weight excluding hydrogens is 344 g/mol. The van der Waals surface area contributed by atoms with Crippen molar-refractivity contribution in [3.05, 3.63) is 23.8 Å². The van der Waals surface area contributed by atoms with Gasteiger partial charge < -0.3 is 14.7 Å². The molecule has 0 saturated heterocycles. The molecule has 7 nitrogen and oxygen atoms in total. The van der Waals surface area contributed by atoms with Gasteiger partial charge in [-0.3, -0.25) is 0 Å². The van der Waals surface area contributed by atoms with Crippen LogP contribution in [0.3, 0.4) is 0 Å². The number of hydrogen-bond donors (Lipinski definition) is 2. The van der Waals surface area contributed by atoms with Crippen LogP contribution < -0.4 is 9.46 Å². The van der Waals surface area contributed by atoms with Gasteiger partial charge in [0.05, 0.1) is 12.0 Å². The first-order valence-electron chi connectivity index (χ1n) is 8.41. The lowest BCUT2D eigenvalue weighted by Crippen LogP contribution is -2.33. The number of ether oxygens (including phenoxy) is 1. The molecule has 0 spiro atoms. The minimum absolute atomic E-state index is 0.0821. The van der Waals surface area contributed by atoms with Crippen molar-refractivity contribution in [1.82, 2.24) is 9.62 Å². The Hall–Kier alpha value is -1.64. The molecule has 8 heteroatoms. The molecule has 1 atom stereocenters. The van der Waals surface area contributed by atoms with E-state index in [1.807, 2.05) is 0 Å². The Morgan fingerprint density at radius 2 is 1.96 bits per heavy atom. The van der Waals surface area contributed by atoms with Gasteiger partial charge >= 0.3 is 5.97 Å². The number of nitrogens with zero attached hydrogens (tertiary/aromatic N) is 1. The van der Waals surface area contributed by atoms with E-state index in [0.717, 1.165) is 32.1 Å². The first-order chi connectivity index (χ1) is 11.7. The van der Waals surface area contributed by atoms with Gasteiger partial charge in [-0.1, -0.05) is 13.8 Å². The third-order valence-electron chi connectivity index (χ3n) is 4.07. The van der Waals surface area contributed by atoms with Crippen LogP contribution in [0.5, 0.6) is 5.75 Å². The summed E-state index contributed by atoms with van der Waals surface area (Å²) in [5.74, 6) is -1.11. The zero-order valence-electron chi connectivity index (χ0n) is 15.3. The number of methoxy groups -OCH3 is 1. The lowest BCUT2D eigenvalue weighted by atomic mass is 10.2. The maximum atomic E-state index is 12.5. The van der Waals surface area contributed by atoms with E-state index in [0.29, 0.717) is 6.42 Å². The molecule has 0 aliphatic rings. The highest BCUT2D eigenvalue weighted by Crippen LogP contribution is 2.22. The fraction of sp³-hybridized carbons (Fsp3) is 0.588. The maximum absolute atomic E-state index is 12.5. The number of hydrogen-bond acceptors (Lipinski definition) is 5. The minimum Gasteiger partial charge on any atom is -0.496 e. The predicted molar refractivity (Wildman–Crippen MR) is 96.8 cm³/mol. The summed E-state index contributed by atoms with van der Waals surface area (Å²) in [7, 11) is -2.45. The number of carbonyl (C=O) groups is 1. The summed E-state index contributed by atoms with van der Waals surface area (Å²) in [5, 5.41) is 9.18. The van der Waals surface area contributed by atoms with E-state index in [-0.39, 0.29) is 22.3 Å². The Balaban J connectivity index is 2.78. The third-order valence-corrected chi connectivity index (χ3v) is 5.66. The number of benzene rings is 1. The summed E-state index contributed by atoms with van der Waals surface area (Å²) in [6.45, 7) is 8.87. The Morgan fingerprint density at radius 3 is 2.48 bits per heavy atom. The van der Waals surface area contributed by atoms with Crippen LogP contribution in [0.4, 0.5) is 0 Å². The van der Waals surface area contributed by atoms with Crippen molar-refractivity contribution >= 4 is 16.0 Å². The molecule has 0 saturated carbocycles. The molecule has 0 aromatic heterocycles. The summed E-state index contributed by atoms with van der Waals surface area (Å²) in [4.78, 5) is 13.4. The lowest BCUT2D eigenvalue weighted by molar-refractivity contribution is 0.0693. The second-order valence-corrected chi connectivity index (χ2v) is 7.57. The minimum atomic E-state index is -3.78. The number of nitrogens with one attached hydrogen (secondary N) is 1. The van der Waals surface area contributed by atoms with E-state index in [2.05, 4.69) is 23.5 Å². The van der Waals surface area contributed by atoms with Crippen LogP contribution in [0.25, 0.3) is 0 Å². The van der Waals surface area contributed by atoms with Gasteiger partial charge in [-0.25, -0.2) is 17.9 Å². The molecule has 0 unspecified atom stereocenters. The summed E-state index contributed by atoms with van der Waals surface area (Å²) < 4.78 is 32.5. The molecule has 0 radical (unpaired) electrons. The lowest BCUT2D eigenvalue weighted by Gasteiger charge is -2.20. The first-order valence-corrected chi connectivity index (χ1v) is 9.89. The second-order valence-electron chi connectivity index (χ2n) is 5.86. The monoisotopic (exact) mass is 372 g/mol. The molecule has 0 bridgehead atoms. The Morgan fingerprint density at radius 1 is 1.32 bits per heavy atom. The first kappa shape index (κ1) is 21.4. The smallest absolute Gasteiger partial charge is 0.339 e. The average Bonchev–Trinajstić information content (AvgIpc) is 2.57. The molecule has 142 valence electrons. The maximum Gasteiger partial charge on any atom is 0.339 e. The van der Waals surface area contributed by atoms with Gasteiger partial charge in [0.25, 0.3) is 0 Å². The van der Waals surface area contributed by atoms with Gasteiger partial charge in [-0.15, -0.1) is 0 Å². The van der Waals surface area contributed by atoms with Crippen LogP contribution in [0.1, 0.15) is 44.0 Å². The van der Waals surface area contributed by atoms with Crippen molar-refractivity contribution in [3.8, 4) is 5.75 Å². The van der Waals surface area contributed by atoms with Crippen molar-refractivity contribution in [2.45, 2.75) is 44.6 Å². The van der Waals surface area contributed by atoms with E-state index in [1.165, 1.54) is 19.2 Å². The molecule has 0 fully saturated rings. The molecule has 1 rings (SSSR count). The number of carboxylic acid groups (broad SMARTS) is 1. The zero-order chi connectivity index (χ0) is 19.0. The molecule has 1 aromatic rings. The molecule has 25 heavy (non-hydrogen) atoms. The van der Waals surface area contributed by atoms with E-state index in [9.17, 15) is 18.3 Å². The molecule has 1 aromatic carbocycles. The number of aromatic carboxylic acids is 1. The standard InChI is InChI=1S/C17H28N2O5S/c1-5-19(6-2)11-7-8-13(3)18-25(22,23)14-9-10-16(24-4)15(12-14)17(20)21/h9-10,12-13,18H,5-8,11H2,1-4H3,(H,20,21)/t13-/m0/s1. The number of rotatable bonds is 11. The fourth-order valence-electron chi connectivity index (χ4n) is 2.57. The van der Waals surface area contributed by atoms with Crippen molar-refractivity contribution in [2.24, 2.45) is 0 Å². The normalized spacial score (nSPS) is 13.0. The van der Waals surface area contributed by atoms with Crippen molar-refractivity contribution in [3.63, 3.8) is 0 Å². The van der Waals surface area contributed by atoms with Crippen LogP contribution in [0, 0.1) is 0 Å². The van der Waals surface area contributed by atoms with Gasteiger partial charge in [-0.05, 0) is 57.6 Å². The van der Waals surface area contributed by atoms with E-state index < -0.39 is 16.0 Å². The third kappa shape index (κ3) is 6.30. The molecule has 0 amide bonds. The zero-order valence-corrected chi connectivity index (χ0v) is 16.1. The fourth-order valence-corrected chi connectivity index (χ4v) is 3.88. The van der Waals surface area contributed by atoms with Crippen LogP contribution >= 0.6 is 0 Å². The average molecular weight is 372 g/mol. The number of sulfonamides is 1. The highest BCUT2D eigenvalue weighted by Gasteiger charge is 2.21. The Kier molecular flexibility index (Phi) is 8.34. The molecule has 0 aliphatic carbocycles. The summed E-state index contributed by atoms with van der Waals surface area (Å²) in [6, 6.07) is 3.57. The van der Waals surface area contributed by atoms with Gasteiger partial charge in [0.2, 0.25) is 10.0 Å². The Bertz CT molecular complexity index is 672. The van der Waals surface area contributed by atoms with E-state index in [1.54, 1.807) is 6.92 Å². The largest absolute Gasteiger partial charge is 0.496 e. The van der Waals surface area contributed by atoms with Gasteiger partial charge in [0, 0.05) is 6.04 Å². The molecule has 2 N–H and O–H groups in total. The van der Waals surface area contributed by atoms with Crippen LogP contribution in [0.2, 0.25) is 0 Å². The van der Waals surface area contributed by atoms with Gasteiger partial charge in [0.1, 0.15) is 11.3 Å². The van der Waals surface area contributed by atoms with Crippen LogP contribution in [-0.2, 0) is 10.0 Å². The highest BCUT2D eigenvalue weighted by molar-refractivity contribution is 7.89. The Labute approximate surface area is 150 Å². The predicted octanol–water partition coefficient (Wildman–Crippen LogP) is 2.18. The molecule has 0 aliphatic heterocycles. The van der Waals surface area contributed by atoms with Crippen molar-refractivity contribution in [1.29, 1.82) is 0 Å². The van der Waals surface area contributed by atoms with Gasteiger partial charge in [0.15, 0.2) is 0 Å². The SMILES string of the molecule is CCN(CC)CCC[C@H](C)NS(=O)(=O)c1ccc(OC)c(C(=O)O)c1. The number of carboxylic acids is 1. The topological polar surface area (TPSA) is 95.9 Å². The molecular formula is C17H28N2O5S. The van der Waals surface area contributed by atoms with E-state index in [4.69, 9.17) is 4.74 Å².